The summed E-state index contributed by atoms with van der Waals surface area (Å²) in [6.45, 7) is 2.66. The monoisotopic (exact) mass is 358 g/mol. The predicted octanol–water partition coefficient (Wildman–Crippen LogP) is 2.36. The number of carbonyl (C=O) groups is 2. The molecule has 2 amide bonds. The molecule has 0 bridgehead atoms. The summed E-state index contributed by atoms with van der Waals surface area (Å²) in [6.07, 6.45) is 4.92. The minimum absolute atomic E-state index is 0.220. The standard InChI is InChI=1S/C18H22N4O2S/c1-2-3-7-12-22(16-14(15(19)23)10-11-20-16)18(25)21-17(24)13-8-5-4-6-9-13/h4-6,8-9,11H,2-3,7,10,12H2,1H3,(H2,19,23)(H,21,24,25). The molecular formula is C18H22N4O2S. The summed E-state index contributed by atoms with van der Waals surface area (Å²) < 4.78 is 0. The van der Waals surface area contributed by atoms with Crippen LogP contribution < -0.4 is 11.1 Å². The van der Waals surface area contributed by atoms with Gasteiger partial charge >= 0.3 is 0 Å². The first kappa shape index (κ1) is 18.8. The number of hydrogen-bond donors (Lipinski definition) is 2. The molecule has 7 heteroatoms. The Balaban J connectivity index is 2.18. The van der Waals surface area contributed by atoms with E-state index in [1.807, 2.05) is 6.07 Å². The van der Waals surface area contributed by atoms with E-state index in [0.717, 1.165) is 19.3 Å². The van der Waals surface area contributed by atoms with Crippen LogP contribution in [0.25, 0.3) is 0 Å². The highest BCUT2D eigenvalue weighted by Crippen LogP contribution is 2.21. The van der Waals surface area contributed by atoms with Crippen LogP contribution in [0.4, 0.5) is 0 Å². The summed E-state index contributed by atoms with van der Waals surface area (Å²) in [5.74, 6) is -0.388. The average Bonchev–Trinajstić information content (AvgIpc) is 3.09. The van der Waals surface area contributed by atoms with Crippen molar-refractivity contribution in [3.63, 3.8) is 0 Å². The molecule has 2 rings (SSSR count). The van der Waals surface area contributed by atoms with Crippen molar-refractivity contribution >= 4 is 35.4 Å². The molecule has 1 aromatic carbocycles. The molecule has 132 valence electrons. The van der Waals surface area contributed by atoms with E-state index in [1.165, 1.54) is 0 Å². The van der Waals surface area contributed by atoms with Crippen LogP contribution in [0.3, 0.4) is 0 Å². The third-order valence-electron chi connectivity index (χ3n) is 3.82. The number of nitrogens with zero attached hydrogens (tertiary/aromatic N) is 2. The van der Waals surface area contributed by atoms with Crippen molar-refractivity contribution in [1.29, 1.82) is 0 Å². The number of nitrogens with two attached hydrogens (primary N) is 1. The zero-order chi connectivity index (χ0) is 18.2. The Hall–Kier alpha value is -2.54. The van der Waals surface area contributed by atoms with Gasteiger partial charge in [0, 0.05) is 24.7 Å². The first-order valence-corrected chi connectivity index (χ1v) is 8.68. The van der Waals surface area contributed by atoms with E-state index in [4.69, 9.17) is 18.0 Å². The molecule has 1 heterocycles. The quantitative estimate of drug-likeness (QED) is 0.578. The molecule has 0 aromatic heterocycles. The van der Waals surface area contributed by atoms with Gasteiger partial charge in [0.05, 0.1) is 5.57 Å². The topological polar surface area (TPSA) is 87.8 Å². The zero-order valence-corrected chi connectivity index (χ0v) is 15.0. The van der Waals surface area contributed by atoms with Gasteiger partial charge in [0.25, 0.3) is 5.91 Å². The average molecular weight is 358 g/mol. The van der Waals surface area contributed by atoms with Crippen LogP contribution in [0.1, 0.15) is 43.0 Å². The molecule has 1 aliphatic rings. The minimum atomic E-state index is -0.523. The summed E-state index contributed by atoms with van der Waals surface area (Å²) >= 11 is 5.41. The Morgan fingerprint density at radius 1 is 1.28 bits per heavy atom. The van der Waals surface area contributed by atoms with E-state index in [0.29, 0.717) is 29.9 Å². The summed E-state index contributed by atoms with van der Waals surface area (Å²) in [7, 11) is 0. The molecule has 0 aliphatic carbocycles. The number of amides is 2. The lowest BCUT2D eigenvalue weighted by Crippen LogP contribution is -2.43. The molecule has 0 saturated carbocycles. The normalized spacial score (nSPS) is 13.0. The molecule has 0 fully saturated rings. The molecule has 1 aromatic rings. The van der Waals surface area contributed by atoms with Gasteiger partial charge in [0.15, 0.2) is 5.11 Å². The number of primary amides is 1. The Morgan fingerprint density at radius 3 is 2.64 bits per heavy atom. The van der Waals surface area contributed by atoms with E-state index in [2.05, 4.69) is 17.2 Å². The first-order chi connectivity index (χ1) is 12.0. The molecule has 0 unspecified atom stereocenters. The SMILES string of the molecule is CCCCCN(C(=S)NC(=O)c1ccccc1)C1=C(C(N)=O)CC=N1. The lowest BCUT2D eigenvalue weighted by atomic mass is 10.2. The number of carbonyl (C=O) groups excluding carboxylic acids is 2. The van der Waals surface area contributed by atoms with E-state index >= 15 is 0 Å². The van der Waals surface area contributed by atoms with Gasteiger partial charge in [-0.25, -0.2) is 4.99 Å². The van der Waals surface area contributed by atoms with Gasteiger partial charge < -0.3 is 10.6 Å². The van der Waals surface area contributed by atoms with Crippen LogP contribution in [0.15, 0.2) is 46.7 Å². The molecule has 0 atom stereocenters. The predicted molar refractivity (Wildman–Crippen MR) is 102 cm³/mol. The number of rotatable bonds is 7. The van der Waals surface area contributed by atoms with Crippen molar-refractivity contribution in [2.75, 3.05) is 6.54 Å². The highest BCUT2D eigenvalue weighted by atomic mass is 32.1. The van der Waals surface area contributed by atoms with Gasteiger partial charge in [0.2, 0.25) is 5.91 Å². The van der Waals surface area contributed by atoms with Gasteiger partial charge in [-0.05, 0) is 30.8 Å². The third kappa shape index (κ3) is 4.96. The fraction of sp³-hybridized carbons (Fsp3) is 0.333. The van der Waals surface area contributed by atoms with Crippen molar-refractivity contribution < 1.29 is 9.59 Å². The van der Waals surface area contributed by atoms with Crippen LogP contribution in [-0.4, -0.2) is 34.6 Å². The Bertz CT molecular complexity index is 713. The van der Waals surface area contributed by atoms with E-state index in [1.54, 1.807) is 35.4 Å². The smallest absolute Gasteiger partial charge is 0.257 e. The third-order valence-corrected chi connectivity index (χ3v) is 4.14. The minimum Gasteiger partial charge on any atom is -0.366 e. The first-order valence-electron chi connectivity index (χ1n) is 8.28. The largest absolute Gasteiger partial charge is 0.366 e. The number of benzene rings is 1. The van der Waals surface area contributed by atoms with Gasteiger partial charge in [-0.3, -0.25) is 14.9 Å². The lowest BCUT2D eigenvalue weighted by molar-refractivity contribution is -0.114. The maximum absolute atomic E-state index is 12.3. The van der Waals surface area contributed by atoms with Crippen LogP contribution in [0, 0.1) is 0 Å². The highest BCUT2D eigenvalue weighted by Gasteiger charge is 2.24. The van der Waals surface area contributed by atoms with Gasteiger partial charge in [-0.1, -0.05) is 38.0 Å². The summed E-state index contributed by atoms with van der Waals surface area (Å²) in [5, 5.41) is 2.94. The Kier molecular flexibility index (Phi) is 6.82. The second kappa shape index (κ2) is 9.08. The Morgan fingerprint density at radius 2 is 2.00 bits per heavy atom. The van der Waals surface area contributed by atoms with Crippen molar-refractivity contribution in [2.24, 2.45) is 10.7 Å². The molecule has 0 spiro atoms. The molecule has 3 N–H and O–H groups in total. The summed E-state index contributed by atoms with van der Waals surface area (Å²) in [4.78, 5) is 29.9. The molecule has 0 saturated heterocycles. The Labute approximate surface area is 152 Å². The van der Waals surface area contributed by atoms with Crippen LogP contribution in [0.5, 0.6) is 0 Å². The van der Waals surface area contributed by atoms with Crippen LogP contribution in [0.2, 0.25) is 0 Å². The molecule has 25 heavy (non-hydrogen) atoms. The maximum atomic E-state index is 12.3. The number of nitrogens with one attached hydrogen (secondary N) is 1. The molecule has 1 aliphatic heterocycles. The summed E-state index contributed by atoms with van der Waals surface area (Å²) in [6, 6.07) is 8.82. The van der Waals surface area contributed by atoms with E-state index in [9.17, 15) is 9.59 Å². The van der Waals surface area contributed by atoms with Crippen molar-refractivity contribution in [1.82, 2.24) is 10.2 Å². The van der Waals surface area contributed by atoms with E-state index in [-0.39, 0.29) is 11.0 Å². The molecular weight excluding hydrogens is 336 g/mol. The number of hydrogen-bond acceptors (Lipinski definition) is 4. The van der Waals surface area contributed by atoms with Gasteiger partial charge in [-0.2, -0.15) is 0 Å². The maximum Gasteiger partial charge on any atom is 0.257 e. The van der Waals surface area contributed by atoms with Crippen LogP contribution >= 0.6 is 12.2 Å². The van der Waals surface area contributed by atoms with Gasteiger partial charge in [0.1, 0.15) is 5.82 Å². The van der Waals surface area contributed by atoms with Crippen molar-refractivity contribution in [3.8, 4) is 0 Å². The fourth-order valence-corrected chi connectivity index (χ4v) is 2.76. The van der Waals surface area contributed by atoms with Crippen molar-refractivity contribution in [2.45, 2.75) is 32.6 Å². The van der Waals surface area contributed by atoms with Gasteiger partial charge in [-0.15, -0.1) is 0 Å². The van der Waals surface area contributed by atoms with Crippen molar-refractivity contribution in [3.05, 3.63) is 47.3 Å². The number of thiocarbonyl (C=S) groups is 1. The number of aliphatic imine (C=N–C) groups is 1. The zero-order valence-electron chi connectivity index (χ0n) is 14.2. The molecule has 6 nitrogen and oxygen atoms in total. The lowest BCUT2D eigenvalue weighted by Gasteiger charge is -2.25. The fourth-order valence-electron chi connectivity index (χ4n) is 2.49. The molecule has 0 radical (unpaired) electrons. The van der Waals surface area contributed by atoms with E-state index < -0.39 is 5.91 Å². The second-order valence-electron chi connectivity index (χ2n) is 5.67. The second-order valence-corrected chi connectivity index (χ2v) is 6.05. The highest BCUT2D eigenvalue weighted by molar-refractivity contribution is 7.80. The number of unbranched alkanes of at least 4 members (excludes halogenated alkanes) is 2. The summed E-state index contributed by atoms with van der Waals surface area (Å²) in [5.41, 5.74) is 6.36. The van der Waals surface area contributed by atoms with Crippen LogP contribution in [-0.2, 0) is 4.79 Å².